The highest BCUT2D eigenvalue weighted by atomic mass is 16.5. The second-order valence-corrected chi connectivity index (χ2v) is 7.95. The van der Waals surface area contributed by atoms with E-state index in [1.807, 2.05) is 48.5 Å². The van der Waals surface area contributed by atoms with Crippen molar-refractivity contribution in [3.8, 4) is 28.7 Å². The number of aliphatic hydroxyl groups excluding tert-OH is 2. The highest BCUT2D eigenvalue weighted by Crippen LogP contribution is 2.35. The zero-order valence-corrected chi connectivity index (χ0v) is 17.4. The van der Waals surface area contributed by atoms with Crippen LogP contribution in [0, 0.1) is 11.8 Å². The Morgan fingerprint density at radius 1 is 1.10 bits per heavy atom. The fourth-order valence-corrected chi connectivity index (χ4v) is 3.28. The van der Waals surface area contributed by atoms with Crippen molar-refractivity contribution < 1.29 is 20.1 Å². The van der Waals surface area contributed by atoms with Gasteiger partial charge in [0.25, 0.3) is 0 Å². The average Bonchev–Trinajstić information content (AvgIpc) is 3.32. The lowest BCUT2D eigenvalue weighted by atomic mass is 10.0. The lowest BCUT2D eigenvalue weighted by Crippen LogP contribution is -2.18. The van der Waals surface area contributed by atoms with Gasteiger partial charge in [-0.2, -0.15) is 0 Å². The van der Waals surface area contributed by atoms with E-state index in [9.17, 15) is 15.3 Å². The summed E-state index contributed by atoms with van der Waals surface area (Å²) in [7, 11) is 0. The van der Waals surface area contributed by atoms with E-state index in [-0.39, 0.29) is 6.61 Å². The van der Waals surface area contributed by atoms with Crippen molar-refractivity contribution in [3.63, 3.8) is 0 Å². The fraction of sp³-hybridized carbons (Fsp3) is 0.320. The first kappa shape index (κ1) is 21.1. The number of benzene rings is 2. The van der Waals surface area contributed by atoms with Gasteiger partial charge in [0, 0.05) is 18.0 Å². The predicted molar refractivity (Wildman–Crippen MR) is 117 cm³/mol. The number of hydrogen-bond acceptors (Lipinski definition) is 5. The molecule has 0 radical (unpaired) electrons. The number of aliphatic hydroxyl groups is 3. The van der Waals surface area contributed by atoms with E-state index in [2.05, 4.69) is 16.8 Å². The van der Waals surface area contributed by atoms with Crippen molar-refractivity contribution >= 4 is 0 Å². The third kappa shape index (κ3) is 5.15. The first-order chi connectivity index (χ1) is 15.0. The molecule has 1 aliphatic rings. The highest BCUT2D eigenvalue weighted by molar-refractivity contribution is 5.65. The van der Waals surface area contributed by atoms with Crippen molar-refractivity contribution in [1.82, 2.24) is 9.55 Å². The molecule has 1 saturated carbocycles. The van der Waals surface area contributed by atoms with Crippen LogP contribution in [-0.4, -0.2) is 43.7 Å². The van der Waals surface area contributed by atoms with Crippen LogP contribution in [0.5, 0.6) is 5.75 Å². The minimum atomic E-state index is -0.736. The lowest BCUT2D eigenvalue weighted by molar-refractivity contribution is 0.0856. The fourth-order valence-electron chi connectivity index (χ4n) is 3.28. The van der Waals surface area contributed by atoms with E-state index >= 15 is 0 Å². The number of aromatic nitrogens is 2. The Balaban J connectivity index is 1.43. The average molecular weight is 418 g/mol. The second-order valence-electron chi connectivity index (χ2n) is 7.95. The molecule has 2 atom stereocenters. The molecule has 2 aromatic carbocycles. The summed E-state index contributed by atoms with van der Waals surface area (Å²) in [4.78, 5) is 4.13. The van der Waals surface area contributed by atoms with Gasteiger partial charge in [0.1, 0.15) is 30.3 Å². The summed E-state index contributed by atoms with van der Waals surface area (Å²) in [6.07, 6.45) is 4.18. The maximum atomic E-state index is 9.87. The Hall–Kier alpha value is -3.11. The van der Waals surface area contributed by atoms with Crippen molar-refractivity contribution in [2.45, 2.75) is 37.5 Å². The number of imidazole rings is 1. The quantitative estimate of drug-likeness (QED) is 0.513. The van der Waals surface area contributed by atoms with Crippen LogP contribution in [0.1, 0.15) is 43.3 Å². The molecule has 0 bridgehead atoms. The molecule has 1 fully saturated rings. The number of nitrogens with zero attached hydrogens (tertiary/aromatic N) is 2. The molecule has 0 aliphatic heterocycles. The summed E-state index contributed by atoms with van der Waals surface area (Å²) in [5.41, 5.74) is 2.33. The van der Waals surface area contributed by atoms with Gasteiger partial charge in [-0.1, -0.05) is 36.1 Å². The molecule has 3 N–H and O–H groups in total. The third-order valence-corrected chi connectivity index (χ3v) is 5.37. The Kier molecular flexibility index (Phi) is 6.10. The standard InChI is InChI=1S/C25H26N2O4/c1-18(29)24-26-14-15-27(24)22(16-28)9-4-19-2-5-20(6-3-19)21-7-10-23(11-8-21)31-17-25(30)12-13-25/h2-3,5-8,10-11,14-15,18,22,28-30H,12-13,16-17H2,1H3/t18-,22-/m0/s1. The molecule has 1 aromatic heterocycles. The van der Waals surface area contributed by atoms with Gasteiger partial charge in [-0.05, 0) is 55.2 Å². The Bertz CT molecular complexity index is 1070. The lowest BCUT2D eigenvalue weighted by Gasteiger charge is -2.14. The predicted octanol–water partition coefficient (Wildman–Crippen LogP) is 3.09. The monoisotopic (exact) mass is 418 g/mol. The number of hydrogen-bond donors (Lipinski definition) is 3. The largest absolute Gasteiger partial charge is 0.491 e. The van der Waals surface area contributed by atoms with E-state index in [0.29, 0.717) is 12.4 Å². The maximum Gasteiger partial charge on any atom is 0.138 e. The van der Waals surface area contributed by atoms with Crippen LogP contribution >= 0.6 is 0 Å². The van der Waals surface area contributed by atoms with Crippen LogP contribution in [-0.2, 0) is 0 Å². The minimum absolute atomic E-state index is 0.174. The number of rotatable bonds is 7. The van der Waals surface area contributed by atoms with E-state index < -0.39 is 17.7 Å². The van der Waals surface area contributed by atoms with Gasteiger partial charge in [-0.25, -0.2) is 4.98 Å². The van der Waals surface area contributed by atoms with Crippen LogP contribution in [0.15, 0.2) is 60.9 Å². The van der Waals surface area contributed by atoms with Gasteiger partial charge < -0.3 is 24.6 Å². The molecule has 1 aliphatic carbocycles. The van der Waals surface area contributed by atoms with Gasteiger partial charge in [-0.15, -0.1) is 0 Å². The van der Waals surface area contributed by atoms with Crippen molar-refractivity contribution in [2.24, 2.45) is 0 Å². The molecule has 0 amide bonds. The molecule has 0 spiro atoms. The van der Waals surface area contributed by atoms with Gasteiger partial charge in [0.15, 0.2) is 0 Å². The summed E-state index contributed by atoms with van der Waals surface area (Å²) in [5, 5.41) is 29.4. The molecule has 0 saturated heterocycles. The molecular formula is C25H26N2O4. The summed E-state index contributed by atoms with van der Waals surface area (Å²) < 4.78 is 7.34. The van der Waals surface area contributed by atoms with Crippen LogP contribution in [0.3, 0.4) is 0 Å². The number of ether oxygens (including phenoxy) is 1. The molecule has 0 unspecified atom stereocenters. The highest BCUT2D eigenvalue weighted by Gasteiger charge is 2.41. The van der Waals surface area contributed by atoms with E-state index in [4.69, 9.17) is 4.74 Å². The first-order valence-corrected chi connectivity index (χ1v) is 10.4. The summed E-state index contributed by atoms with van der Waals surface area (Å²) >= 11 is 0. The topological polar surface area (TPSA) is 87.7 Å². The van der Waals surface area contributed by atoms with Gasteiger partial charge in [0.2, 0.25) is 0 Å². The smallest absolute Gasteiger partial charge is 0.138 e. The third-order valence-electron chi connectivity index (χ3n) is 5.37. The summed E-state index contributed by atoms with van der Waals surface area (Å²) in [5.74, 6) is 7.37. The zero-order valence-electron chi connectivity index (χ0n) is 17.4. The molecule has 31 heavy (non-hydrogen) atoms. The summed E-state index contributed by atoms with van der Waals surface area (Å²) in [6.45, 7) is 1.80. The normalized spacial score (nSPS) is 16.1. The molecule has 160 valence electrons. The maximum absolute atomic E-state index is 9.87. The van der Waals surface area contributed by atoms with Gasteiger partial charge >= 0.3 is 0 Å². The molecule has 3 aromatic rings. The molecule has 6 nitrogen and oxygen atoms in total. The van der Waals surface area contributed by atoms with E-state index in [1.54, 1.807) is 23.9 Å². The minimum Gasteiger partial charge on any atom is -0.491 e. The van der Waals surface area contributed by atoms with Crippen molar-refractivity contribution in [2.75, 3.05) is 13.2 Å². The molecular weight excluding hydrogens is 392 g/mol. The molecule has 1 heterocycles. The molecule has 6 heteroatoms. The Morgan fingerprint density at radius 3 is 2.32 bits per heavy atom. The van der Waals surface area contributed by atoms with Crippen molar-refractivity contribution in [3.05, 3.63) is 72.3 Å². The summed E-state index contributed by atoms with van der Waals surface area (Å²) in [6, 6.07) is 15.2. The van der Waals surface area contributed by atoms with Gasteiger partial charge in [0.05, 0.1) is 12.2 Å². The van der Waals surface area contributed by atoms with E-state index in [0.717, 1.165) is 35.3 Å². The van der Waals surface area contributed by atoms with Crippen LogP contribution in [0.2, 0.25) is 0 Å². The molecule has 4 rings (SSSR count). The first-order valence-electron chi connectivity index (χ1n) is 10.4. The second kappa shape index (κ2) is 8.94. The zero-order chi connectivity index (χ0) is 21.8. The van der Waals surface area contributed by atoms with E-state index in [1.165, 1.54) is 0 Å². The van der Waals surface area contributed by atoms with Crippen LogP contribution < -0.4 is 4.74 Å². The van der Waals surface area contributed by atoms with Gasteiger partial charge in [-0.3, -0.25) is 0 Å². The Morgan fingerprint density at radius 2 is 1.74 bits per heavy atom. The van der Waals surface area contributed by atoms with Crippen molar-refractivity contribution in [1.29, 1.82) is 0 Å². The Labute approximate surface area is 181 Å². The van der Waals surface area contributed by atoms with Crippen LogP contribution in [0.4, 0.5) is 0 Å². The van der Waals surface area contributed by atoms with Crippen LogP contribution in [0.25, 0.3) is 11.1 Å². The SMILES string of the molecule is C[C@H](O)c1nccn1[C@@H](C#Cc1ccc(-c2ccc(OCC3(O)CC3)cc2)cc1)CO.